The van der Waals surface area contributed by atoms with Crippen LogP contribution in [0.5, 0.6) is 0 Å². The highest BCUT2D eigenvalue weighted by Crippen LogP contribution is 2.05. The maximum atomic E-state index is 11.7. The van der Waals surface area contributed by atoms with E-state index in [4.69, 9.17) is 0 Å². The fourth-order valence-corrected chi connectivity index (χ4v) is 1.31. The Labute approximate surface area is 97.5 Å². The Hall–Kier alpha value is -2.43. The molecule has 1 aromatic heterocycles. The van der Waals surface area contributed by atoms with Gasteiger partial charge in [0.05, 0.1) is 0 Å². The van der Waals surface area contributed by atoms with Crippen molar-refractivity contribution in [3.05, 3.63) is 58.6 Å². The molecule has 0 amide bonds. The number of hydrogen-bond acceptors (Lipinski definition) is 4. The third-order valence-electron chi connectivity index (χ3n) is 2.31. The molecule has 0 bridgehead atoms. The van der Waals surface area contributed by atoms with Gasteiger partial charge in [0.1, 0.15) is 0 Å². The summed E-state index contributed by atoms with van der Waals surface area (Å²) in [5.41, 5.74) is 1.26. The average Bonchev–Trinajstić information content (AvgIpc) is 2.68. The lowest BCUT2D eigenvalue weighted by Gasteiger charge is -1.92. The van der Waals surface area contributed by atoms with Crippen molar-refractivity contribution in [3.8, 4) is 0 Å². The molecule has 0 unspecified atom stereocenters. The fraction of sp³-hybridized carbons (Fsp3) is 0.0833. The summed E-state index contributed by atoms with van der Waals surface area (Å²) in [7, 11) is 0. The number of benzene rings is 1. The van der Waals surface area contributed by atoms with E-state index in [0.29, 0.717) is 21.9 Å². The summed E-state index contributed by atoms with van der Waals surface area (Å²) in [6.45, 7) is 1.57. The molecule has 1 heterocycles. The zero-order valence-electron chi connectivity index (χ0n) is 9.16. The molecule has 17 heavy (non-hydrogen) atoms. The first-order valence-corrected chi connectivity index (χ1v) is 5.02. The Kier molecular flexibility index (Phi) is 3.00. The Balaban J connectivity index is 2.17. The van der Waals surface area contributed by atoms with Gasteiger partial charge in [-0.05, 0) is 17.1 Å². The van der Waals surface area contributed by atoms with Gasteiger partial charge in [0, 0.05) is 17.6 Å². The minimum Gasteiger partial charge on any atom is -0.359 e. The molecule has 5 nitrogen and oxygen atoms in total. The summed E-state index contributed by atoms with van der Waals surface area (Å²) in [5.74, 6) is -0.148. The van der Waals surface area contributed by atoms with Crippen molar-refractivity contribution in [3.63, 3.8) is 0 Å². The van der Waals surface area contributed by atoms with Crippen LogP contribution in [0.25, 0.3) is 6.08 Å². The van der Waals surface area contributed by atoms with Crippen LogP contribution in [0, 0.1) is 12.1 Å². The Bertz CT molecular complexity index is 558. The lowest BCUT2D eigenvalue weighted by Crippen LogP contribution is -2.25. The summed E-state index contributed by atoms with van der Waals surface area (Å²) < 4.78 is 4.38. The van der Waals surface area contributed by atoms with Gasteiger partial charge in [0.15, 0.2) is 11.5 Å². The number of nitrogens with zero attached hydrogens (tertiary/aromatic N) is 2. The van der Waals surface area contributed by atoms with E-state index in [0.717, 1.165) is 0 Å². The van der Waals surface area contributed by atoms with Gasteiger partial charge in [0.2, 0.25) is 5.69 Å². The van der Waals surface area contributed by atoms with Crippen LogP contribution in [0.1, 0.15) is 21.7 Å². The second-order valence-electron chi connectivity index (χ2n) is 3.46. The molecule has 0 spiro atoms. The number of carbonyl (C=O) groups is 1. The van der Waals surface area contributed by atoms with E-state index in [1.165, 1.54) is 12.2 Å². The van der Waals surface area contributed by atoms with Crippen LogP contribution in [0.2, 0.25) is 0 Å². The second-order valence-corrected chi connectivity index (χ2v) is 3.46. The van der Waals surface area contributed by atoms with Crippen molar-refractivity contribution in [2.45, 2.75) is 6.92 Å². The van der Waals surface area contributed by atoms with Gasteiger partial charge >= 0.3 is 0 Å². The highest BCUT2D eigenvalue weighted by Gasteiger charge is 2.11. The molecular formula is C12H10N2O3. The highest BCUT2D eigenvalue weighted by atomic mass is 16.8. The zero-order chi connectivity index (χ0) is 12.3. The number of carbonyl (C=O) groups excluding carboxylic acids is 1. The molecule has 2 aromatic rings. The molecule has 0 aliphatic carbocycles. The van der Waals surface area contributed by atoms with Crippen LogP contribution in [-0.2, 0) is 0 Å². The molecule has 0 saturated carbocycles. The first kappa shape index (κ1) is 11.1. The predicted molar refractivity (Wildman–Crippen MR) is 60.0 cm³/mol. The quantitative estimate of drug-likeness (QED) is 0.455. The summed E-state index contributed by atoms with van der Waals surface area (Å²) >= 11 is 0. The van der Waals surface area contributed by atoms with Gasteiger partial charge in [-0.3, -0.25) is 9.42 Å². The lowest BCUT2D eigenvalue weighted by atomic mass is 10.1. The van der Waals surface area contributed by atoms with Gasteiger partial charge in [-0.1, -0.05) is 30.3 Å². The number of ketones is 1. The molecule has 5 heteroatoms. The Morgan fingerprint density at radius 1 is 1.41 bits per heavy atom. The van der Waals surface area contributed by atoms with Crippen molar-refractivity contribution >= 4 is 11.9 Å². The summed E-state index contributed by atoms with van der Waals surface area (Å²) in [6, 6.07) is 8.84. The summed E-state index contributed by atoms with van der Waals surface area (Å²) in [6.07, 6.45) is 2.82. The minimum atomic E-state index is -0.148. The molecule has 2 rings (SSSR count). The van der Waals surface area contributed by atoms with E-state index < -0.39 is 0 Å². The normalized spacial score (nSPS) is 10.9. The molecule has 0 aliphatic rings. The van der Waals surface area contributed by atoms with Gasteiger partial charge in [-0.25, -0.2) is 0 Å². The van der Waals surface area contributed by atoms with Crippen LogP contribution >= 0.6 is 0 Å². The van der Waals surface area contributed by atoms with Crippen LogP contribution in [0.15, 0.2) is 41.0 Å². The fourth-order valence-electron chi connectivity index (χ4n) is 1.31. The van der Waals surface area contributed by atoms with E-state index >= 15 is 0 Å². The van der Waals surface area contributed by atoms with Crippen LogP contribution in [0.4, 0.5) is 0 Å². The van der Waals surface area contributed by atoms with Crippen molar-refractivity contribution in [2.75, 3.05) is 0 Å². The molecule has 0 saturated heterocycles. The molecule has 1 aromatic carbocycles. The Morgan fingerprint density at radius 3 is 2.71 bits per heavy atom. The summed E-state index contributed by atoms with van der Waals surface area (Å²) in [4.78, 5) is 12.0. The summed E-state index contributed by atoms with van der Waals surface area (Å²) in [5, 5.41) is 14.4. The van der Waals surface area contributed by atoms with Gasteiger partial charge < -0.3 is 5.21 Å². The molecule has 0 fully saturated rings. The SMILES string of the molecule is Cc1c(/C=C/C(=O)c2ccccc2)no[n+]1[O-]. The standard InChI is InChI=1S/C12H10N2O3/c1-9-11(13-17-14(9)16)7-8-12(15)10-5-3-2-4-6-10/h2-8H,1H3/b8-7+. The third kappa shape index (κ3) is 2.39. The van der Waals surface area contributed by atoms with E-state index in [-0.39, 0.29) is 5.78 Å². The number of aromatic nitrogens is 2. The van der Waals surface area contributed by atoms with E-state index in [9.17, 15) is 10.0 Å². The van der Waals surface area contributed by atoms with Crippen molar-refractivity contribution in [2.24, 2.45) is 0 Å². The van der Waals surface area contributed by atoms with Crippen molar-refractivity contribution in [1.82, 2.24) is 5.16 Å². The van der Waals surface area contributed by atoms with Crippen molar-refractivity contribution < 1.29 is 14.3 Å². The second kappa shape index (κ2) is 4.61. The smallest absolute Gasteiger partial charge is 0.244 e. The third-order valence-corrected chi connectivity index (χ3v) is 2.31. The zero-order valence-corrected chi connectivity index (χ0v) is 9.16. The highest BCUT2D eigenvalue weighted by molar-refractivity contribution is 6.06. The van der Waals surface area contributed by atoms with Gasteiger partial charge in [-0.2, -0.15) is 0 Å². The predicted octanol–water partition coefficient (Wildman–Crippen LogP) is 1.51. The van der Waals surface area contributed by atoms with Crippen molar-refractivity contribution in [1.29, 1.82) is 0 Å². The van der Waals surface area contributed by atoms with Crippen LogP contribution in [0.3, 0.4) is 0 Å². The largest absolute Gasteiger partial charge is 0.359 e. The average molecular weight is 230 g/mol. The first-order valence-electron chi connectivity index (χ1n) is 5.02. The number of rotatable bonds is 3. The van der Waals surface area contributed by atoms with Crippen LogP contribution < -0.4 is 4.90 Å². The van der Waals surface area contributed by atoms with Gasteiger partial charge in [0.25, 0.3) is 0 Å². The molecule has 0 N–H and O–H groups in total. The first-order chi connectivity index (χ1) is 8.18. The Morgan fingerprint density at radius 2 is 2.12 bits per heavy atom. The maximum Gasteiger partial charge on any atom is 0.244 e. The molecule has 0 aliphatic heterocycles. The molecule has 86 valence electrons. The number of hydrogen-bond donors (Lipinski definition) is 0. The molecule has 0 radical (unpaired) electrons. The van der Waals surface area contributed by atoms with Crippen LogP contribution in [-0.4, -0.2) is 10.9 Å². The minimum absolute atomic E-state index is 0.148. The maximum absolute atomic E-state index is 11.7. The molecule has 0 atom stereocenters. The van der Waals surface area contributed by atoms with E-state index in [1.807, 2.05) is 6.07 Å². The van der Waals surface area contributed by atoms with Gasteiger partial charge in [-0.15, -0.1) is 0 Å². The van der Waals surface area contributed by atoms with E-state index in [1.54, 1.807) is 31.2 Å². The monoisotopic (exact) mass is 230 g/mol. The van der Waals surface area contributed by atoms with E-state index in [2.05, 4.69) is 9.79 Å². The topological polar surface area (TPSA) is 70.0 Å². The lowest BCUT2D eigenvalue weighted by molar-refractivity contribution is -0.806. The molecular weight excluding hydrogens is 220 g/mol. The number of allylic oxidation sites excluding steroid dienone is 1.